The fourth-order valence-corrected chi connectivity index (χ4v) is 5.49. The van der Waals surface area contributed by atoms with Gasteiger partial charge in [-0.2, -0.15) is 9.97 Å². The van der Waals surface area contributed by atoms with E-state index < -0.39 is 0 Å². The van der Waals surface area contributed by atoms with Gasteiger partial charge >= 0.3 is 6.03 Å². The van der Waals surface area contributed by atoms with E-state index in [-0.39, 0.29) is 24.9 Å². The van der Waals surface area contributed by atoms with Gasteiger partial charge in [-0.15, -0.1) is 0 Å². The highest BCUT2D eigenvalue weighted by Gasteiger charge is 2.34. The predicted molar refractivity (Wildman–Crippen MR) is 158 cm³/mol. The molecule has 2 aromatic carbocycles. The second-order valence-electron chi connectivity index (χ2n) is 10.8. The first-order valence-electron chi connectivity index (χ1n) is 14.1. The molecule has 214 valence electrons. The fourth-order valence-electron chi connectivity index (χ4n) is 5.49. The summed E-state index contributed by atoms with van der Waals surface area (Å²) in [4.78, 5) is 31.5. The highest BCUT2D eigenvalue weighted by atomic mass is 16.7. The average molecular weight is 557 g/mol. The van der Waals surface area contributed by atoms with Crippen molar-refractivity contribution in [1.82, 2.24) is 29.7 Å². The topological polar surface area (TPSA) is 110 Å². The highest BCUT2D eigenvalue weighted by Crippen LogP contribution is 2.33. The summed E-state index contributed by atoms with van der Waals surface area (Å²) in [7, 11) is 0. The number of fused-ring (bicyclic) bond motifs is 2. The van der Waals surface area contributed by atoms with Crippen LogP contribution in [0.2, 0.25) is 0 Å². The number of rotatable bonds is 7. The van der Waals surface area contributed by atoms with Crippen LogP contribution in [-0.4, -0.2) is 69.0 Å². The Balaban J connectivity index is 1.33. The molecule has 4 heterocycles. The second-order valence-corrected chi connectivity index (χ2v) is 10.8. The third kappa shape index (κ3) is 5.44. The van der Waals surface area contributed by atoms with Gasteiger partial charge < -0.3 is 34.5 Å². The first-order valence-corrected chi connectivity index (χ1v) is 14.1. The molecule has 0 bridgehead atoms. The van der Waals surface area contributed by atoms with Crippen LogP contribution >= 0.6 is 0 Å². The Morgan fingerprint density at radius 1 is 1.02 bits per heavy atom. The van der Waals surface area contributed by atoms with Gasteiger partial charge in [-0.05, 0) is 51.0 Å². The minimum Gasteiger partial charge on any atom is -0.454 e. The number of anilines is 2. The van der Waals surface area contributed by atoms with Crippen molar-refractivity contribution in [3.63, 3.8) is 0 Å². The van der Waals surface area contributed by atoms with Crippen molar-refractivity contribution in [3.8, 4) is 11.5 Å². The molecular formula is C30H36N8O3. The minimum atomic E-state index is -0.0369. The Bertz CT molecular complexity index is 1570. The van der Waals surface area contributed by atoms with Crippen LogP contribution in [0.3, 0.4) is 0 Å². The zero-order chi connectivity index (χ0) is 28.5. The Hall–Kier alpha value is -4.54. The normalized spacial score (nSPS) is 18.1. The number of hydrogen-bond acceptors (Lipinski definition) is 8. The van der Waals surface area contributed by atoms with Crippen LogP contribution in [-0.2, 0) is 13.1 Å². The third-order valence-corrected chi connectivity index (χ3v) is 7.62. The molecule has 0 aliphatic carbocycles. The lowest BCUT2D eigenvalue weighted by Crippen LogP contribution is -2.60. The quantitative estimate of drug-likeness (QED) is 0.349. The molecule has 41 heavy (non-hydrogen) atoms. The minimum absolute atomic E-state index is 0.000654. The number of imidazole rings is 1. The van der Waals surface area contributed by atoms with E-state index in [0.717, 1.165) is 22.7 Å². The zero-order valence-corrected chi connectivity index (χ0v) is 23.9. The molecule has 11 nitrogen and oxygen atoms in total. The number of urea groups is 1. The lowest BCUT2D eigenvalue weighted by molar-refractivity contribution is 0.161. The monoisotopic (exact) mass is 556 g/mol. The molecular weight excluding hydrogens is 520 g/mol. The van der Waals surface area contributed by atoms with E-state index in [1.54, 1.807) is 0 Å². The Labute approximate surface area is 239 Å². The van der Waals surface area contributed by atoms with E-state index in [0.29, 0.717) is 50.0 Å². The highest BCUT2D eigenvalue weighted by molar-refractivity contribution is 5.84. The Morgan fingerprint density at radius 2 is 1.88 bits per heavy atom. The molecule has 2 unspecified atom stereocenters. The summed E-state index contributed by atoms with van der Waals surface area (Å²) in [6.45, 7) is 11.4. The van der Waals surface area contributed by atoms with E-state index in [1.807, 2.05) is 36.4 Å². The Morgan fingerprint density at radius 3 is 2.71 bits per heavy atom. The van der Waals surface area contributed by atoms with Crippen molar-refractivity contribution in [2.45, 2.75) is 52.9 Å². The average Bonchev–Trinajstić information content (AvgIpc) is 3.59. The van der Waals surface area contributed by atoms with Gasteiger partial charge in [-0.3, -0.25) is 0 Å². The van der Waals surface area contributed by atoms with Crippen molar-refractivity contribution in [2.24, 2.45) is 0 Å². The third-order valence-electron chi connectivity index (χ3n) is 7.62. The number of hydrogen-bond donors (Lipinski definition) is 2. The Kier molecular flexibility index (Phi) is 7.25. The molecule has 4 aromatic rings. The van der Waals surface area contributed by atoms with Crippen molar-refractivity contribution in [1.29, 1.82) is 0 Å². The summed E-state index contributed by atoms with van der Waals surface area (Å²) < 4.78 is 13.1. The summed E-state index contributed by atoms with van der Waals surface area (Å²) in [6.07, 6.45) is 1.83. The van der Waals surface area contributed by atoms with Gasteiger partial charge in [0.15, 0.2) is 28.5 Å². The maximum Gasteiger partial charge on any atom is 0.317 e. The summed E-state index contributed by atoms with van der Waals surface area (Å²) in [5, 5.41) is 6.44. The fraction of sp³-hybridized carbons (Fsp3) is 0.400. The van der Waals surface area contributed by atoms with Crippen LogP contribution in [0.1, 0.15) is 37.5 Å². The van der Waals surface area contributed by atoms with E-state index in [1.165, 1.54) is 11.1 Å². The lowest BCUT2D eigenvalue weighted by atomic mass is 10.1. The second kappa shape index (κ2) is 11.1. The SMILES string of the molecule is CCNC(=O)N1CC(C)N(c2nc(NCc3ccc4c(c3)OCO4)c3ncn(Cc4cccc(C)c4)c3n2)CC1C. The number of nitrogens with one attached hydrogen (secondary N) is 2. The number of amides is 2. The summed E-state index contributed by atoms with van der Waals surface area (Å²) in [5.74, 6) is 2.78. The number of carbonyl (C=O) groups is 1. The van der Waals surface area contributed by atoms with Crippen molar-refractivity contribution < 1.29 is 14.3 Å². The van der Waals surface area contributed by atoms with Crippen LogP contribution in [0.4, 0.5) is 16.6 Å². The number of piperazine rings is 1. The first kappa shape index (κ1) is 26.7. The summed E-state index contributed by atoms with van der Waals surface area (Å²) >= 11 is 0. The van der Waals surface area contributed by atoms with E-state index in [2.05, 4.69) is 65.1 Å². The van der Waals surface area contributed by atoms with Gasteiger partial charge in [-0.1, -0.05) is 35.9 Å². The number of carbonyl (C=O) groups excluding carboxylic acids is 1. The van der Waals surface area contributed by atoms with Crippen LogP contribution in [0.5, 0.6) is 11.5 Å². The van der Waals surface area contributed by atoms with Crippen molar-refractivity contribution >= 4 is 29.0 Å². The van der Waals surface area contributed by atoms with E-state index >= 15 is 0 Å². The van der Waals surface area contributed by atoms with Gasteiger partial charge in [0, 0.05) is 38.3 Å². The number of benzene rings is 2. The maximum atomic E-state index is 12.7. The molecule has 0 saturated carbocycles. The molecule has 2 aliphatic heterocycles. The lowest BCUT2D eigenvalue weighted by Gasteiger charge is -2.44. The maximum absolute atomic E-state index is 12.7. The molecule has 2 atom stereocenters. The number of ether oxygens (including phenoxy) is 2. The van der Waals surface area contributed by atoms with Gasteiger partial charge in [0.05, 0.1) is 12.9 Å². The van der Waals surface area contributed by atoms with Crippen LogP contribution < -0.4 is 25.0 Å². The molecule has 2 aliphatic rings. The number of nitrogens with zero attached hydrogens (tertiary/aromatic N) is 6. The van der Waals surface area contributed by atoms with E-state index in [4.69, 9.17) is 24.4 Å². The standard InChI is InChI=1S/C30H36N8O3/c1-5-31-30(39)38-15-20(3)37(14-21(38)4)29-34-27(32-13-22-9-10-24-25(12-22)41-18-40-24)26-28(35-29)36(17-33-26)16-23-8-6-7-19(2)11-23/h6-12,17,20-21H,5,13-16,18H2,1-4H3,(H,31,39)(H,32,34,35). The summed E-state index contributed by atoms with van der Waals surface area (Å²) in [5.41, 5.74) is 4.90. The summed E-state index contributed by atoms with van der Waals surface area (Å²) in [6, 6.07) is 14.4. The smallest absolute Gasteiger partial charge is 0.317 e. The number of aromatic nitrogens is 4. The molecule has 11 heteroatoms. The molecule has 1 fully saturated rings. The number of aryl methyl sites for hydroxylation is 1. The molecule has 2 N–H and O–H groups in total. The van der Waals surface area contributed by atoms with Crippen LogP contribution in [0, 0.1) is 6.92 Å². The molecule has 0 radical (unpaired) electrons. The molecule has 1 saturated heterocycles. The van der Waals surface area contributed by atoms with Crippen molar-refractivity contribution in [2.75, 3.05) is 36.6 Å². The van der Waals surface area contributed by atoms with Crippen LogP contribution in [0.25, 0.3) is 11.2 Å². The van der Waals surface area contributed by atoms with Gasteiger partial charge in [0.2, 0.25) is 12.7 Å². The van der Waals surface area contributed by atoms with Crippen LogP contribution in [0.15, 0.2) is 48.8 Å². The molecule has 0 spiro atoms. The predicted octanol–water partition coefficient (Wildman–Crippen LogP) is 4.15. The molecule has 2 amide bonds. The molecule has 6 rings (SSSR count). The molecule has 2 aromatic heterocycles. The van der Waals surface area contributed by atoms with E-state index in [9.17, 15) is 4.79 Å². The van der Waals surface area contributed by atoms with Crippen molar-refractivity contribution in [3.05, 3.63) is 65.5 Å². The first-order chi connectivity index (χ1) is 19.9. The van der Waals surface area contributed by atoms with Gasteiger partial charge in [0.25, 0.3) is 0 Å². The van der Waals surface area contributed by atoms with Gasteiger partial charge in [-0.25, -0.2) is 9.78 Å². The largest absolute Gasteiger partial charge is 0.454 e. The zero-order valence-electron chi connectivity index (χ0n) is 23.9. The van der Waals surface area contributed by atoms with Gasteiger partial charge in [0.1, 0.15) is 0 Å².